The van der Waals surface area contributed by atoms with Crippen LogP contribution in [-0.4, -0.2) is 12.6 Å². The van der Waals surface area contributed by atoms with E-state index in [0.717, 1.165) is 30.8 Å². The van der Waals surface area contributed by atoms with Crippen LogP contribution < -0.4 is 9.47 Å². The molecule has 0 aliphatic rings. The van der Waals surface area contributed by atoms with Crippen molar-refractivity contribution in [2.45, 2.75) is 19.8 Å². The lowest BCUT2D eigenvalue weighted by Crippen LogP contribution is -2.03. The summed E-state index contributed by atoms with van der Waals surface area (Å²) in [4.78, 5) is 11.7. The molecule has 0 aliphatic carbocycles. The Balaban J connectivity index is 1.85. The highest BCUT2D eigenvalue weighted by Crippen LogP contribution is 2.14. The van der Waals surface area contributed by atoms with Gasteiger partial charge >= 0.3 is 5.97 Å². The average molecular weight is 296 g/mol. The quantitative estimate of drug-likeness (QED) is 0.327. The monoisotopic (exact) mass is 296 g/mol. The molecule has 0 aromatic heterocycles. The van der Waals surface area contributed by atoms with Gasteiger partial charge in [-0.3, -0.25) is 0 Å². The molecule has 0 amide bonds. The van der Waals surface area contributed by atoms with E-state index in [1.54, 1.807) is 18.2 Å². The van der Waals surface area contributed by atoms with Gasteiger partial charge in [0.25, 0.3) is 0 Å². The molecule has 22 heavy (non-hydrogen) atoms. The van der Waals surface area contributed by atoms with Crippen molar-refractivity contribution in [1.29, 1.82) is 0 Å². The predicted molar refractivity (Wildman–Crippen MR) is 88.0 cm³/mol. The molecule has 0 atom stereocenters. The van der Waals surface area contributed by atoms with Gasteiger partial charge in [0.1, 0.15) is 11.5 Å². The third-order valence-corrected chi connectivity index (χ3v) is 3.02. The SMILES string of the molecule is CCCCOc1ccc(/C=C/C(=O)Oc2ccccc2)cc1. The highest BCUT2D eigenvalue weighted by Gasteiger charge is 1.99. The minimum absolute atomic E-state index is 0.394. The molecular weight excluding hydrogens is 276 g/mol. The van der Waals surface area contributed by atoms with Crippen molar-refractivity contribution in [2.24, 2.45) is 0 Å². The molecule has 0 saturated heterocycles. The maximum atomic E-state index is 11.7. The van der Waals surface area contributed by atoms with E-state index in [9.17, 15) is 4.79 Å². The smallest absolute Gasteiger partial charge is 0.336 e. The van der Waals surface area contributed by atoms with Crippen LogP contribution in [0.2, 0.25) is 0 Å². The zero-order valence-corrected chi connectivity index (χ0v) is 12.7. The van der Waals surface area contributed by atoms with Gasteiger partial charge in [-0.15, -0.1) is 0 Å². The van der Waals surface area contributed by atoms with Gasteiger partial charge in [-0.05, 0) is 42.3 Å². The van der Waals surface area contributed by atoms with Crippen molar-refractivity contribution < 1.29 is 14.3 Å². The van der Waals surface area contributed by atoms with E-state index in [1.165, 1.54) is 6.08 Å². The Kier molecular flexibility index (Phi) is 6.24. The minimum atomic E-state index is -0.394. The van der Waals surface area contributed by atoms with Crippen molar-refractivity contribution >= 4 is 12.0 Å². The lowest BCUT2D eigenvalue weighted by Gasteiger charge is -2.05. The summed E-state index contributed by atoms with van der Waals surface area (Å²) >= 11 is 0. The normalized spacial score (nSPS) is 10.6. The first-order valence-corrected chi connectivity index (χ1v) is 7.46. The molecule has 0 saturated carbocycles. The molecule has 0 N–H and O–H groups in total. The largest absolute Gasteiger partial charge is 0.494 e. The van der Waals surface area contributed by atoms with Gasteiger partial charge in [0.05, 0.1) is 6.61 Å². The van der Waals surface area contributed by atoms with Gasteiger partial charge in [-0.25, -0.2) is 4.79 Å². The van der Waals surface area contributed by atoms with Crippen molar-refractivity contribution in [3.8, 4) is 11.5 Å². The Bertz CT molecular complexity index is 600. The van der Waals surface area contributed by atoms with Crippen LogP contribution in [0.4, 0.5) is 0 Å². The Morgan fingerprint density at radius 1 is 1.00 bits per heavy atom. The van der Waals surface area contributed by atoms with E-state index < -0.39 is 5.97 Å². The van der Waals surface area contributed by atoms with E-state index in [0.29, 0.717) is 5.75 Å². The summed E-state index contributed by atoms with van der Waals surface area (Å²) in [7, 11) is 0. The molecule has 0 fully saturated rings. The van der Waals surface area contributed by atoms with Crippen LogP contribution >= 0.6 is 0 Å². The Labute approximate surface area is 131 Å². The van der Waals surface area contributed by atoms with E-state index >= 15 is 0 Å². The summed E-state index contributed by atoms with van der Waals surface area (Å²) in [5, 5.41) is 0. The zero-order chi connectivity index (χ0) is 15.6. The van der Waals surface area contributed by atoms with Crippen molar-refractivity contribution in [3.05, 3.63) is 66.2 Å². The standard InChI is InChI=1S/C19H20O3/c1-2-3-15-21-17-12-9-16(10-13-17)11-14-19(20)22-18-7-5-4-6-8-18/h4-14H,2-3,15H2,1H3/b14-11+. The number of para-hydroxylation sites is 1. The number of unbranched alkanes of at least 4 members (excludes halogenated alkanes) is 1. The van der Waals surface area contributed by atoms with Gasteiger partial charge < -0.3 is 9.47 Å². The summed E-state index contributed by atoms with van der Waals surface area (Å²) < 4.78 is 10.8. The molecular formula is C19H20O3. The Morgan fingerprint density at radius 2 is 1.73 bits per heavy atom. The lowest BCUT2D eigenvalue weighted by molar-refractivity contribution is -0.128. The third-order valence-electron chi connectivity index (χ3n) is 3.02. The van der Waals surface area contributed by atoms with Gasteiger partial charge in [-0.2, -0.15) is 0 Å². The maximum Gasteiger partial charge on any atom is 0.336 e. The van der Waals surface area contributed by atoms with Crippen molar-refractivity contribution in [2.75, 3.05) is 6.61 Å². The highest BCUT2D eigenvalue weighted by atomic mass is 16.5. The number of carbonyl (C=O) groups is 1. The molecule has 0 spiro atoms. The molecule has 2 aromatic carbocycles. The third kappa shape index (κ3) is 5.44. The number of hydrogen-bond acceptors (Lipinski definition) is 3. The Hall–Kier alpha value is -2.55. The van der Waals surface area contributed by atoms with Crippen LogP contribution in [0, 0.1) is 0 Å². The number of rotatable bonds is 7. The number of benzene rings is 2. The summed E-state index contributed by atoms with van der Waals surface area (Å²) in [6, 6.07) is 16.6. The van der Waals surface area contributed by atoms with E-state index in [-0.39, 0.29) is 0 Å². The second-order valence-corrected chi connectivity index (χ2v) is 4.84. The average Bonchev–Trinajstić information content (AvgIpc) is 2.55. The molecule has 0 heterocycles. The first kappa shape index (κ1) is 15.8. The van der Waals surface area contributed by atoms with E-state index in [2.05, 4.69) is 6.92 Å². The van der Waals surface area contributed by atoms with E-state index in [1.807, 2.05) is 42.5 Å². The molecule has 2 aromatic rings. The molecule has 114 valence electrons. The lowest BCUT2D eigenvalue weighted by atomic mass is 10.2. The van der Waals surface area contributed by atoms with Gasteiger partial charge in [0.2, 0.25) is 0 Å². The van der Waals surface area contributed by atoms with Crippen LogP contribution in [0.25, 0.3) is 6.08 Å². The zero-order valence-electron chi connectivity index (χ0n) is 12.7. The van der Waals surface area contributed by atoms with E-state index in [4.69, 9.17) is 9.47 Å². The first-order valence-electron chi connectivity index (χ1n) is 7.46. The summed E-state index contributed by atoms with van der Waals surface area (Å²) in [6.07, 6.45) is 5.30. The molecule has 3 nitrogen and oxygen atoms in total. The van der Waals surface area contributed by atoms with Crippen LogP contribution in [0.5, 0.6) is 11.5 Å². The first-order chi connectivity index (χ1) is 10.8. The molecule has 0 aliphatic heterocycles. The van der Waals surface area contributed by atoms with Crippen LogP contribution in [0.1, 0.15) is 25.3 Å². The predicted octanol–water partition coefficient (Wildman–Crippen LogP) is 4.48. The number of esters is 1. The minimum Gasteiger partial charge on any atom is -0.494 e. The van der Waals surface area contributed by atoms with Crippen molar-refractivity contribution in [3.63, 3.8) is 0 Å². The fourth-order valence-corrected chi connectivity index (χ4v) is 1.81. The van der Waals surface area contributed by atoms with Gasteiger partial charge in [0, 0.05) is 6.08 Å². The number of hydrogen-bond donors (Lipinski definition) is 0. The molecule has 2 rings (SSSR count). The summed E-state index contributed by atoms with van der Waals surface area (Å²) in [5.41, 5.74) is 0.924. The van der Waals surface area contributed by atoms with Crippen LogP contribution in [0.3, 0.4) is 0 Å². The summed E-state index contributed by atoms with van der Waals surface area (Å²) in [5.74, 6) is 0.990. The second-order valence-electron chi connectivity index (χ2n) is 4.84. The topological polar surface area (TPSA) is 35.5 Å². The highest BCUT2D eigenvalue weighted by molar-refractivity contribution is 5.88. The second kappa shape index (κ2) is 8.67. The van der Waals surface area contributed by atoms with Crippen molar-refractivity contribution in [1.82, 2.24) is 0 Å². The van der Waals surface area contributed by atoms with Crippen LogP contribution in [-0.2, 0) is 4.79 Å². The molecule has 0 bridgehead atoms. The fraction of sp³-hybridized carbons (Fsp3) is 0.211. The number of carbonyl (C=O) groups excluding carboxylic acids is 1. The summed E-state index contributed by atoms with van der Waals surface area (Å²) in [6.45, 7) is 2.86. The Morgan fingerprint density at radius 3 is 2.41 bits per heavy atom. The van der Waals surface area contributed by atoms with Gasteiger partial charge in [-0.1, -0.05) is 43.7 Å². The maximum absolute atomic E-state index is 11.7. The number of ether oxygens (including phenoxy) is 2. The molecule has 0 unspecified atom stereocenters. The fourth-order valence-electron chi connectivity index (χ4n) is 1.81. The van der Waals surface area contributed by atoms with Crippen LogP contribution in [0.15, 0.2) is 60.7 Å². The molecule has 0 radical (unpaired) electrons. The van der Waals surface area contributed by atoms with Gasteiger partial charge in [0.15, 0.2) is 0 Å². The molecule has 3 heteroatoms.